The standard InChI is InChI=1S/C17H11Cl2NO3/c18-11-5-1-9(2-6-11)14-13(16(22)17(23)20-14)15(21)10-3-7-12(19)8-4-10/h1-8,14,21H,(H,20,23)/b15-13+. The predicted molar refractivity (Wildman–Crippen MR) is 88.3 cm³/mol. The van der Waals surface area contributed by atoms with E-state index in [0.717, 1.165) is 0 Å². The van der Waals surface area contributed by atoms with Gasteiger partial charge in [0.05, 0.1) is 11.6 Å². The minimum atomic E-state index is -0.752. The lowest BCUT2D eigenvalue weighted by Crippen LogP contribution is -2.21. The number of hydrogen-bond donors (Lipinski definition) is 2. The molecule has 1 saturated heterocycles. The largest absolute Gasteiger partial charge is 0.507 e. The molecule has 2 aromatic carbocycles. The molecule has 0 saturated carbocycles. The second kappa shape index (κ2) is 6.07. The van der Waals surface area contributed by atoms with E-state index < -0.39 is 17.7 Å². The van der Waals surface area contributed by atoms with Gasteiger partial charge in [-0.15, -0.1) is 0 Å². The number of Topliss-reactive ketones (excluding diaryl/α,β-unsaturated/α-hetero) is 1. The summed E-state index contributed by atoms with van der Waals surface area (Å²) in [4.78, 5) is 23.9. The fourth-order valence-corrected chi connectivity index (χ4v) is 2.69. The molecular formula is C17H11Cl2NO3. The highest BCUT2D eigenvalue weighted by atomic mass is 35.5. The summed E-state index contributed by atoms with van der Waals surface area (Å²) in [6.45, 7) is 0. The van der Waals surface area contributed by atoms with E-state index >= 15 is 0 Å². The Kier molecular flexibility index (Phi) is 4.11. The smallest absolute Gasteiger partial charge is 0.293 e. The summed E-state index contributed by atoms with van der Waals surface area (Å²) >= 11 is 11.7. The third kappa shape index (κ3) is 2.96. The summed E-state index contributed by atoms with van der Waals surface area (Å²) in [5.41, 5.74) is 1.08. The van der Waals surface area contributed by atoms with E-state index in [1.54, 1.807) is 48.5 Å². The first kappa shape index (κ1) is 15.6. The van der Waals surface area contributed by atoms with Gasteiger partial charge in [-0.3, -0.25) is 9.59 Å². The van der Waals surface area contributed by atoms with E-state index in [1.807, 2.05) is 0 Å². The first-order valence-electron chi connectivity index (χ1n) is 6.77. The molecule has 1 atom stereocenters. The minimum absolute atomic E-state index is 0.0136. The van der Waals surface area contributed by atoms with E-state index in [1.165, 1.54) is 0 Å². The van der Waals surface area contributed by atoms with Crippen LogP contribution in [0.3, 0.4) is 0 Å². The normalized spacial score (nSPS) is 19.7. The van der Waals surface area contributed by atoms with Crippen molar-refractivity contribution in [2.75, 3.05) is 0 Å². The Morgan fingerprint density at radius 1 is 0.913 bits per heavy atom. The second-order valence-corrected chi connectivity index (χ2v) is 5.93. The van der Waals surface area contributed by atoms with Crippen molar-refractivity contribution in [2.24, 2.45) is 0 Å². The topological polar surface area (TPSA) is 66.4 Å². The third-order valence-corrected chi connectivity index (χ3v) is 4.10. The lowest BCUT2D eigenvalue weighted by atomic mass is 9.96. The Bertz CT molecular complexity index is 811. The molecule has 0 bridgehead atoms. The van der Waals surface area contributed by atoms with Crippen molar-refractivity contribution in [2.45, 2.75) is 6.04 Å². The molecule has 1 heterocycles. The molecule has 1 amide bonds. The zero-order chi connectivity index (χ0) is 16.6. The van der Waals surface area contributed by atoms with E-state index in [4.69, 9.17) is 23.2 Å². The average molecular weight is 348 g/mol. The van der Waals surface area contributed by atoms with E-state index in [2.05, 4.69) is 5.32 Å². The molecule has 23 heavy (non-hydrogen) atoms. The highest BCUT2D eigenvalue weighted by Crippen LogP contribution is 2.33. The fourth-order valence-electron chi connectivity index (χ4n) is 2.43. The maximum absolute atomic E-state index is 12.2. The van der Waals surface area contributed by atoms with Crippen LogP contribution in [0, 0.1) is 0 Å². The maximum atomic E-state index is 12.2. The van der Waals surface area contributed by atoms with E-state index in [9.17, 15) is 14.7 Å². The summed E-state index contributed by atoms with van der Waals surface area (Å²) in [5.74, 6) is -1.75. The van der Waals surface area contributed by atoms with Crippen LogP contribution in [0.15, 0.2) is 54.1 Å². The summed E-state index contributed by atoms with van der Waals surface area (Å²) in [7, 11) is 0. The van der Waals surface area contributed by atoms with Crippen molar-refractivity contribution >= 4 is 40.7 Å². The van der Waals surface area contributed by atoms with Gasteiger partial charge in [-0.2, -0.15) is 0 Å². The molecule has 2 N–H and O–H groups in total. The number of aliphatic hydroxyl groups is 1. The van der Waals surface area contributed by atoms with Crippen molar-refractivity contribution in [1.29, 1.82) is 0 Å². The summed E-state index contributed by atoms with van der Waals surface area (Å²) in [5, 5.41) is 14.1. The van der Waals surface area contributed by atoms with E-state index in [-0.39, 0.29) is 11.3 Å². The average Bonchev–Trinajstić information content (AvgIpc) is 2.84. The van der Waals surface area contributed by atoms with Crippen molar-refractivity contribution < 1.29 is 14.7 Å². The summed E-state index contributed by atoms with van der Waals surface area (Å²) in [6.07, 6.45) is 0. The number of halogens is 2. The highest BCUT2D eigenvalue weighted by Gasteiger charge is 2.39. The van der Waals surface area contributed by atoms with Gasteiger partial charge >= 0.3 is 0 Å². The van der Waals surface area contributed by atoms with Gasteiger partial charge in [0, 0.05) is 15.6 Å². The van der Waals surface area contributed by atoms with Gasteiger partial charge in [-0.05, 0) is 42.0 Å². The molecule has 4 nitrogen and oxygen atoms in total. The van der Waals surface area contributed by atoms with Gasteiger partial charge in [-0.25, -0.2) is 0 Å². The Morgan fingerprint density at radius 2 is 1.43 bits per heavy atom. The van der Waals surface area contributed by atoms with Gasteiger partial charge in [0.1, 0.15) is 5.76 Å². The Balaban J connectivity index is 2.10. The van der Waals surface area contributed by atoms with Crippen LogP contribution < -0.4 is 5.32 Å². The van der Waals surface area contributed by atoms with Gasteiger partial charge in [0.15, 0.2) is 0 Å². The zero-order valence-corrected chi connectivity index (χ0v) is 13.2. The molecule has 1 unspecified atom stereocenters. The Labute approximate surface area is 142 Å². The molecule has 1 fully saturated rings. The quantitative estimate of drug-likeness (QED) is 0.494. The fraction of sp³-hybridized carbons (Fsp3) is 0.0588. The number of carbonyl (C=O) groups is 2. The number of amides is 1. The molecule has 0 radical (unpaired) electrons. The molecule has 1 aliphatic rings. The number of hydrogen-bond acceptors (Lipinski definition) is 3. The number of rotatable bonds is 2. The molecule has 2 aromatic rings. The van der Waals surface area contributed by atoms with Crippen molar-refractivity contribution in [1.82, 2.24) is 5.32 Å². The van der Waals surface area contributed by atoms with Crippen LogP contribution in [0.5, 0.6) is 0 Å². The number of carbonyl (C=O) groups excluding carboxylic acids is 2. The zero-order valence-electron chi connectivity index (χ0n) is 11.7. The van der Waals surface area contributed by atoms with Crippen LogP contribution in [-0.2, 0) is 9.59 Å². The Hall–Kier alpha value is -2.30. The lowest BCUT2D eigenvalue weighted by Gasteiger charge is -2.13. The molecule has 0 spiro atoms. The Morgan fingerprint density at radius 3 is 2.00 bits per heavy atom. The van der Waals surface area contributed by atoms with Crippen LogP contribution in [0.1, 0.15) is 17.2 Å². The molecule has 0 aliphatic carbocycles. The molecule has 1 aliphatic heterocycles. The number of benzene rings is 2. The lowest BCUT2D eigenvalue weighted by molar-refractivity contribution is -0.133. The van der Waals surface area contributed by atoms with Gasteiger partial charge < -0.3 is 10.4 Å². The van der Waals surface area contributed by atoms with Gasteiger partial charge in [0.2, 0.25) is 0 Å². The third-order valence-electron chi connectivity index (χ3n) is 3.59. The molecule has 6 heteroatoms. The molecular weight excluding hydrogens is 337 g/mol. The number of aliphatic hydroxyl groups excluding tert-OH is 1. The first-order chi connectivity index (χ1) is 11.0. The van der Waals surface area contributed by atoms with Crippen LogP contribution in [0.4, 0.5) is 0 Å². The van der Waals surface area contributed by atoms with Crippen molar-refractivity contribution in [3.8, 4) is 0 Å². The molecule has 116 valence electrons. The monoisotopic (exact) mass is 347 g/mol. The maximum Gasteiger partial charge on any atom is 0.293 e. The molecule has 3 rings (SSSR count). The first-order valence-corrected chi connectivity index (χ1v) is 7.52. The van der Waals surface area contributed by atoms with Crippen LogP contribution in [-0.4, -0.2) is 16.8 Å². The molecule has 0 aromatic heterocycles. The van der Waals surface area contributed by atoms with Crippen molar-refractivity contribution in [3.05, 3.63) is 75.3 Å². The van der Waals surface area contributed by atoms with Gasteiger partial charge in [-0.1, -0.05) is 35.3 Å². The van der Waals surface area contributed by atoms with Crippen LogP contribution >= 0.6 is 23.2 Å². The number of ketones is 1. The van der Waals surface area contributed by atoms with Gasteiger partial charge in [0.25, 0.3) is 11.7 Å². The van der Waals surface area contributed by atoms with Crippen LogP contribution in [0.25, 0.3) is 5.76 Å². The second-order valence-electron chi connectivity index (χ2n) is 5.06. The number of nitrogens with one attached hydrogen (secondary N) is 1. The highest BCUT2D eigenvalue weighted by molar-refractivity contribution is 6.46. The SMILES string of the molecule is O=C1NC(c2ccc(Cl)cc2)/C(=C(\O)c2ccc(Cl)cc2)C1=O. The predicted octanol–water partition coefficient (Wildman–Crippen LogP) is 3.70. The van der Waals surface area contributed by atoms with Crippen LogP contribution in [0.2, 0.25) is 10.0 Å². The van der Waals surface area contributed by atoms with Crippen molar-refractivity contribution in [3.63, 3.8) is 0 Å². The summed E-state index contributed by atoms with van der Waals surface area (Å²) < 4.78 is 0. The summed E-state index contributed by atoms with van der Waals surface area (Å²) in [6, 6.07) is 12.3. The van der Waals surface area contributed by atoms with E-state index in [0.29, 0.717) is 21.2 Å². The minimum Gasteiger partial charge on any atom is -0.507 e.